The summed E-state index contributed by atoms with van der Waals surface area (Å²) in [6, 6.07) is 27.8. The van der Waals surface area contributed by atoms with Crippen molar-refractivity contribution in [3.05, 3.63) is 118 Å². The Morgan fingerprint density at radius 2 is 1.47 bits per heavy atom. The molecule has 0 saturated heterocycles. The molecule has 1 aliphatic carbocycles. The number of rotatable bonds is 7. The van der Waals surface area contributed by atoms with Crippen LogP contribution in [-0.4, -0.2) is 20.9 Å². The second kappa shape index (κ2) is 10.3. The molecule has 1 atom stereocenters. The molecule has 6 heteroatoms. The van der Waals surface area contributed by atoms with E-state index in [1.807, 2.05) is 0 Å². The van der Waals surface area contributed by atoms with E-state index in [0.717, 1.165) is 49.3 Å². The van der Waals surface area contributed by atoms with E-state index in [2.05, 4.69) is 80.8 Å². The molecule has 1 N–H and O–H groups in total. The summed E-state index contributed by atoms with van der Waals surface area (Å²) >= 11 is 6.25. The number of nitrogens with zero attached hydrogens (tertiary/aromatic N) is 3. The van der Waals surface area contributed by atoms with Gasteiger partial charge in [-0.15, -0.1) is 0 Å². The van der Waals surface area contributed by atoms with Crippen molar-refractivity contribution in [3.8, 4) is 0 Å². The Morgan fingerprint density at radius 1 is 0.853 bits per heavy atom. The summed E-state index contributed by atoms with van der Waals surface area (Å²) in [5, 5.41) is 3.57. The first-order valence-corrected chi connectivity index (χ1v) is 11.9. The van der Waals surface area contributed by atoms with Gasteiger partial charge in [-0.25, -0.2) is 14.4 Å². The normalized spacial score (nSPS) is 15.2. The van der Waals surface area contributed by atoms with E-state index in [1.54, 1.807) is 12.1 Å². The summed E-state index contributed by atoms with van der Waals surface area (Å²) in [4.78, 5) is 11.6. The number of aryl methyl sites for hydroxylation is 1. The van der Waals surface area contributed by atoms with Gasteiger partial charge in [0.05, 0.1) is 5.69 Å². The molecule has 1 aliphatic rings. The molecule has 3 aromatic carbocycles. The summed E-state index contributed by atoms with van der Waals surface area (Å²) in [6.07, 6.45) is 2.64. The average molecular weight is 473 g/mol. The number of hydrogen-bond donors (Lipinski definition) is 1. The zero-order valence-corrected chi connectivity index (χ0v) is 19.5. The molecule has 0 saturated carbocycles. The summed E-state index contributed by atoms with van der Waals surface area (Å²) in [5.74, 6) is 0.427. The largest absolute Gasteiger partial charge is 0.340 e. The molecule has 1 heterocycles. The fraction of sp³-hybridized carbons (Fsp3) is 0.214. The van der Waals surface area contributed by atoms with Gasteiger partial charge in [-0.1, -0.05) is 60.7 Å². The molecule has 0 spiro atoms. The van der Waals surface area contributed by atoms with E-state index in [-0.39, 0.29) is 11.1 Å². The minimum Gasteiger partial charge on any atom is -0.340 e. The van der Waals surface area contributed by atoms with Crippen LogP contribution in [0.2, 0.25) is 5.28 Å². The molecule has 0 aliphatic heterocycles. The van der Waals surface area contributed by atoms with E-state index in [4.69, 9.17) is 11.6 Å². The van der Waals surface area contributed by atoms with Crippen molar-refractivity contribution in [2.75, 3.05) is 5.32 Å². The molecule has 5 rings (SSSR count). The molecule has 4 aromatic rings. The third-order valence-electron chi connectivity index (χ3n) is 6.30. The van der Waals surface area contributed by atoms with Gasteiger partial charge in [-0.2, -0.15) is 0 Å². The molecule has 0 fully saturated rings. The summed E-state index contributed by atoms with van der Waals surface area (Å²) in [5.41, 5.74) is 5.42. The van der Waals surface area contributed by atoms with Gasteiger partial charge in [-0.3, -0.25) is 4.90 Å². The van der Waals surface area contributed by atoms with E-state index < -0.39 is 0 Å². The maximum atomic E-state index is 13.4. The van der Waals surface area contributed by atoms with E-state index in [9.17, 15) is 4.39 Å². The SMILES string of the molecule is Fc1ccc(Nc2nc(Cl)nc3c2CC(N(Cc2ccccc2)Cc2ccccc2)CC3)cc1. The molecular weight excluding hydrogens is 447 g/mol. The quantitative estimate of drug-likeness (QED) is 0.309. The third-order valence-corrected chi connectivity index (χ3v) is 6.47. The number of halogens is 2. The molecule has 0 radical (unpaired) electrons. The predicted molar refractivity (Wildman–Crippen MR) is 135 cm³/mol. The molecule has 0 bridgehead atoms. The van der Waals surface area contributed by atoms with Crippen LogP contribution in [0.5, 0.6) is 0 Å². The van der Waals surface area contributed by atoms with Gasteiger partial charge in [0.2, 0.25) is 5.28 Å². The first-order chi connectivity index (χ1) is 16.6. The molecular formula is C28H26ClFN4. The lowest BCUT2D eigenvalue weighted by Gasteiger charge is -2.35. The Balaban J connectivity index is 1.43. The molecule has 172 valence electrons. The maximum absolute atomic E-state index is 13.4. The Morgan fingerprint density at radius 3 is 2.09 bits per heavy atom. The smallest absolute Gasteiger partial charge is 0.224 e. The van der Waals surface area contributed by atoms with Gasteiger partial charge in [-0.05, 0) is 66.3 Å². The highest BCUT2D eigenvalue weighted by Gasteiger charge is 2.28. The van der Waals surface area contributed by atoms with Gasteiger partial charge in [0.25, 0.3) is 0 Å². The fourth-order valence-electron chi connectivity index (χ4n) is 4.60. The van der Waals surface area contributed by atoms with Crippen LogP contribution in [-0.2, 0) is 25.9 Å². The van der Waals surface area contributed by atoms with Crippen molar-refractivity contribution >= 4 is 23.1 Å². The van der Waals surface area contributed by atoms with Crippen molar-refractivity contribution in [2.24, 2.45) is 0 Å². The number of aromatic nitrogens is 2. The summed E-state index contributed by atoms with van der Waals surface area (Å²) in [6.45, 7) is 1.73. The minimum atomic E-state index is -0.272. The lowest BCUT2D eigenvalue weighted by atomic mass is 9.90. The van der Waals surface area contributed by atoms with Crippen LogP contribution in [0.25, 0.3) is 0 Å². The van der Waals surface area contributed by atoms with Crippen LogP contribution in [0.4, 0.5) is 15.9 Å². The lowest BCUT2D eigenvalue weighted by molar-refractivity contribution is 0.161. The Kier molecular flexibility index (Phi) is 6.84. The van der Waals surface area contributed by atoms with Crippen LogP contribution in [0.3, 0.4) is 0 Å². The number of anilines is 2. The molecule has 1 unspecified atom stereocenters. The summed E-state index contributed by atoms with van der Waals surface area (Å²) in [7, 11) is 0. The topological polar surface area (TPSA) is 41.1 Å². The fourth-order valence-corrected chi connectivity index (χ4v) is 4.78. The first kappa shape index (κ1) is 22.5. The van der Waals surface area contributed by atoms with Gasteiger partial charge in [0, 0.05) is 30.4 Å². The van der Waals surface area contributed by atoms with E-state index in [0.29, 0.717) is 11.9 Å². The molecule has 0 amide bonds. The Hall–Kier alpha value is -3.28. The van der Waals surface area contributed by atoms with Crippen LogP contribution in [0.1, 0.15) is 28.8 Å². The van der Waals surface area contributed by atoms with Crippen LogP contribution in [0, 0.1) is 5.82 Å². The van der Waals surface area contributed by atoms with Crippen molar-refractivity contribution in [1.82, 2.24) is 14.9 Å². The maximum Gasteiger partial charge on any atom is 0.224 e. The first-order valence-electron chi connectivity index (χ1n) is 11.5. The van der Waals surface area contributed by atoms with E-state index in [1.165, 1.54) is 23.3 Å². The van der Waals surface area contributed by atoms with Crippen molar-refractivity contribution in [1.29, 1.82) is 0 Å². The third kappa shape index (κ3) is 5.44. The van der Waals surface area contributed by atoms with E-state index >= 15 is 0 Å². The highest BCUT2D eigenvalue weighted by atomic mass is 35.5. The predicted octanol–water partition coefficient (Wildman–Crippen LogP) is 6.57. The molecule has 34 heavy (non-hydrogen) atoms. The second-order valence-electron chi connectivity index (χ2n) is 8.67. The van der Waals surface area contributed by atoms with Crippen LogP contribution >= 0.6 is 11.6 Å². The van der Waals surface area contributed by atoms with Crippen molar-refractivity contribution < 1.29 is 4.39 Å². The highest BCUT2D eigenvalue weighted by Crippen LogP contribution is 2.32. The van der Waals surface area contributed by atoms with Gasteiger partial charge in [0.15, 0.2) is 0 Å². The number of nitrogens with one attached hydrogen (secondary N) is 1. The second-order valence-corrected chi connectivity index (χ2v) is 9.01. The molecule has 1 aromatic heterocycles. The van der Waals surface area contributed by atoms with Gasteiger partial charge < -0.3 is 5.32 Å². The van der Waals surface area contributed by atoms with Gasteiger partial charge >= 0.3 is 0 Å². The zero-order chi connectivity index (χ0) is 23.3. The Labute approximate surface area is 204 Å². The Bertz CT molecular complexity index is 1190. The van der Waals surface area contributed by atoms with Crippen LogP contribution < -0.4 is 5.32 Å². The standard InChI is InChI=1S/C28H26ClFN4/c29-28-32-26-16-15-24(17-25(26)27(33-28)31-23-13-11-22(30)12-14-23)34(18-20-7-3-1-4-8-20)19-21-9-5-2-6-10-21/h1-14,24H,15-19H2,(H,31,32,33). The van der Waals surface area contributed by atoms with Crippen molar-refractivity contribution in [3.63, 3.8) is 0 Å². The number of hydrogen-bond acceptors (Lipinski definition) is 4. The molecule has 4 nitrogen and oxygen atoms in total. The zero-order valence-electron chi connectivity index (χ0n) is 18.8. The average Bonchev–Trinajstić information content (AvgIpc) is 2.86. The highest BCUT2D eigenvalue weighted by molar-refractivity contribution is 6.28. The van der Waals surface area contributed by atoms with Gasteiger partial charge in [0.1, 0.15) is 11.6 Å². The lowest BCUT2D eigenvalue weighted by Crippen LogP contribution is -2.39. The van der Waals surface area contributed by atoms with Crippen LogP contribution in [0.15, 0.2) is 84.9 Å². The number of benzene rings is 3. The minimum absolute atomic E-state index is 0.229. The van der Waals surface area contributed by atoms with Crippen molar-refractivity contribution in [2.45, 2.75) is 38.4 Å². The number of fused-ring (bicyclic) bond motifs is 1. The monoisotopic (exact) mass is 472 g/mol. The summed E-state index contributed by atoms with van der Waals surface area (Å²) < 4.78 is 13.4.